The lowest BCUT2D eigenvalue weighted by atomic mass is 10.1. The summed E-state index contributed by atoms with van der Waals surface area (Å²) in [5.41, 5.74) is 6.60. The quantitative estimate of drug-likeness (QED) is 0.871. The average molecular weight is 275 g/mol. The van der Waals surface area contributed by atoms with Gasteiger partial charge >= 0.3 is 18.2 Å². The monoisotopic (exact) mass is 275 g/mol. The Morgan fingerprint density at radius 1 is 1.21 bits per heavy atom. The molecule has 0 aliphatic heterocycles. The maximum atomic E-state index is 13.0. The third kappa shape index (κ3) is 2.58. The molecule has 0 radical (unpaired) electrons. The molecule has 0 aliphatic carbocycles. The van der Waals surface area contributed by atoms with Gasteiger partial charge in [-0.05, 0) is 5.56 Å². The Kier molecular flexibility index (Phi) is 3.52. The first-order valence-electron chi connectivity index (χ1n) is 5.24. The largest absolute Gasteiger partial charge is 0.383 e. The number of hydrogen-bond donors (Lipinski definition) is 1. The molecule has 1 aromatic heterocycles. The van der Waals surface area contributed by atoms with Crippen LogP contribution in [0.2, 0.25) is 0 Å². The highest BCUT2D eigenvalue weighted by Crippen LogP contribution is 2.34. The summed E-state index contributed by atoms with van der Waals surface area (Å²) >= 11 is 0. The summed E-state index contributed by atoms with van der Waals surface area (Å²) in [6, 6.07) is 6.38. The number of alkyl halides is 4. The molecule has 19 heavy (non-hydrogen) atoms. The van der Waals surface area contributed by atoms with E-state index in [4.69, 9.17) is 5.73 Å². The van der Waals surface area contributed by atoms with Crippen LogP contribution in [0.1, 0.15) is 11.5 Å². The van der Waals surface area contributed by atoms with E-state index in [-0.39, 0.29) is 5.82 Å². The molecular formula is C11H9F4N3O. The van der Waals surface area contributed by atoms with Crippen LogP contribution in [-0.2, 0) is 12.5 Å². The number of rotatable bonds is 4. The van der Waals surface area contributed by atoms with E-state index in [1.807, 2.05) is 0 Å². The molecule has 8 heteroatoms. The first kappa shape index (κ1) is 13.5. The fraction of sp³-hybridized carbons (Fsp3) is 0.273. The number of hydrogen-bond acceptors (Lipinski definition) is 4. The molecule has 0 aliphatic rings. The van der Waals surface area contributed by atoms with Crippen LogP contribution in [-0.4, -0.2) is 16.6 Å². The second-order valence-corrected chi connectivity index (χ2v) is 3.75. The topological polar surface area (TPSA) is 64.9 Å². The summed E-state index contributed by atoms with van der Waals surface area (Å²) < 4.78 is 54.3. The third-order valence-corrected chi connectivity index (χ3v) is 2.43. The molecule has 0 amide bonds. The van der Waals surface area contributed by atoms with Gasteiger partial charge in [-0.25, -0.2) is 8.78 Å². The maximum absolute atomic E-state index is 13.0. The van der Waals surface area contributed by atoms with Gasteiger partial charge in [0.2, 0.25) is 5.82 Å². The van der Waals surface area contributed by atoms with E-state index in [1.54, 1.807) is 12.1 Å². The van der Waals surface area contributed by atoms with E-state index in [2.05, 4.69) is 14.7 Å². The van der Waals surface area contributed by atoms with Crippen molar-refractivity contribution in [3.8, 4) is 11.4 Å². The van der Waals surface area contributed by atoms with Crippen molar-refractivity contribution in [3.63, 3.8) is 0 Å². The second kappa shape index (κ2) is 4.96. The Morgan fingerprint density at radius 2 is 1.84 bits per heavy atom. The molecule has 0 bridgehead atoms. The molecule has 2 N–H and O–H groups in total. The van der Waals surface area contributed by atoms with Crippen molar-refractivity contribution >= 4 is 0 Å². The minimum Gasteiger partial charge on any atom is -0.332 e. The van der Waals surface area contributed by atoms with Crippen LogP contribution < -0.4 is 5.73 Å². The normalized spacial score (nSPS) is 12.1. The summed E-state index contributed by atoms with van der Waals surface area (Å²) in [6.45, 7) is 0.321. The molecule has 0 spiro atoms. The fourth-order valence-electron chi connectivity index (χ4n) is 1.36. The van der Waals surface area contributed by atoms with Crippen molar-refractivity contribution in [2.75, 3.05) is 0 Å². The standard InChI is InChI=1S/C11H9F4N3O/c12-9(13)11(14,15)10-17-8(18-19-10)7-3-1-6(5-16)2-4-7/h1-4,9H,5,16H2. The summed E-state index contributed by atoms with van der Waals surface area (Å²) in [7, 11) is 0. The van der Waals surface area contributed by atoms with Crippen LogP contribution >= 0.6 is 0 Å². The first-order valence-corrected chi connectivity index (χ1v) is 5.24. The van der Waals surface area contributed by atoms with Gasteiger partial charge in [-0.15, -0.1) is 0 Å². The molecule has 4 nitrogen and oxygen atoms in total. The fourth-order valence-corrected chi connectivity index (χ4v) is 1.36. The van der Waals surface area contributed by atoms with E-state index in [0.717, 1.165) is 5.56 Å². The average Bonchev–Trinajstić information content (AvgIpc) is 2.89. The smallest absolute Gasteiger partial charge is 0.332 e. The van der Waals surface area contributed by atoms with E-state index in [0.29, 0.717) is 12.1 Å². The van der Waals surface area contributed by atoms with E-state index in [1.165, 1.54) is 12.1 Å². The number of nitrogens with two attached hydrogens (primary N) is 1. The molecule has 102 valence electrons. The van der Waals surface area contributed by atoms with Crippen LogP contribution in [0.4, 0.5) is 17.6 Å². The van der Waals surface area contributed by atoms with Crippen LogP contribution in [0.25, 0.3) is 11.4 Å². The van der Waals surface area contributed by atoms with Crippen molar-refractivity contribution in [2.45, 2.75) is 18.9 Å². The Morgan fingerprint density at radius 3 is 2.37 bits per heavy atom. The highest BCUT2D eigenvalue weighted by molar-refractivity contribution is 5.54. The predicted molar refractivity (Wildman–Crippen MR) is 57.5 cm³/mol. The van der Waals surface area contributed by atoms with Crippen LogP contribution in [0.3, 0.4) is 0 Å². The molecular weight excluding hydrogens is 266 g/mol. The Bertz CT molecular complexity index is 553. The molecule has 1 aromatic carbocycles. The molecule has 0 fully saturated rings. The lowest BCUT2D eigenvalue weighted by Crippen LogP contribution is -2.23. The number of halogens is 4. The summed E-state index contributed by atoms with van der Waals surface area (Å²) in [5.74, 6) is -6.04. The first-order chi connectivity index (χ1) is 8.95. The summed E-state index contributed by atoms with van der Waals surface area (Å²) in [4.78, 5) is 3.29. The van der Waals surface area contributed by atoms with Gasteiger partial charge < -0.3 is 10.3 Å². The minimum absolute atomic E-state index is 0.182. The van der Waals surface area contributed by atoms with Crippen molar-refractivity contribution in [3.05, 3.63) is 35.7 Å². The van der Waals surface area contributed by atoms with Crippen molar-refractivity contribution < 1.29 is 22.1 Å². The zero-order valence-corrected chi connectivity index (χ0v) is 9.49. The van der Waals surface area contributed by atoms with E-state index < -0.39 is 18.2 Å². The van der Waals surface area contributed by atoms with Crippen molar-refractivity contribution in [1.82, 2.24) is 10.1 Å². The summed E-state index contributed by atoms with van der Waals surface area (Å²) in [5, 5.41) is 3.26. The minimum atomic E-state index is -4.46. The van der Waals surface area contributed by atoms with Gasteiger partial charge in [0.25, 0.3) is 0 Å². The van der Waals surface area contributed by atoms with Gasteiger partial charge in [0.1, 0.15) is 0 Å². The molecule has 1 heterocycles. The molecule has 0 saturated carbocycles. The number of benzene rings is 1. The van der Waals surface area contributed by atoms with Crippen LogP contribution in [0.5, 0.6) is 0 Å². The molecule has 2 aromatic rings. The van der Waals surface area contributed by atoms with Crippen molar-refractivity contribution in [1.29, 1.82) is 0 Å². The highest BCUT2D eigenvalue weighted by atomic mass is 19.3. The van der Waals surface area contributed by atoms with E-state index >= 15 is 0 Å². The van der Waals surface area contributed by atoms with Crippen LogP contribution in [0.15, 0.2) is 28.8 Å². The zero-order valence-electron chi connectivity index (χ0n) is 9.49. The molecule has 0 unspecified atom stereocenters. The van der Waals surface area contributed by atoms with Gasteiger partial charge in [0.05, 0.1) is 0 Å². The van der Waals surface area contributed by atoms with E-state index in [9.17, 15) is 17.6 Å². The third-order valence-electron chi connectivity index (χ3n) is 2.43. The number of aromatic nitrogens is 2. The lowest BCUT2D eigenvalue weighted by Gasteiger charge is -2.08. The molecule has 0 atom stereocenters. The lowest BCUT2D eigenvalue weighted by molar-refractivity contribution is -0.152. The Labute approximate surface area is 105 Å². The van der Waals surface area contributed by atoms with Crippen molar-refractivity contribution in [2.24, 2.45) is 5.73 Å². The Balaban J connectivity index is 2.30. The van der Waals surface area contributed by atoms with Gasteiger partial charge in [-0.1, -0.05) is 29.4 Å². The van der Waals surface area contributed by atoms with Gasteiger partial charge in [0.15, 0.2) is 0 Å². The maximum Gasteiger partial charge on any atom is 0.383 e. The van der Waals surface area contributed by atoms with Gasteiger partial charge in [-0.2, -0.15) is 13.8 Å². The predicted octanol–water partition coefficient (Wildman–Crippen LogP) is 2.55. The summed E-state index contributed by atoms with van der Waals surface area (Å²) in [6.07, 6.45) is -3.90. The second-order valence-electron chi connectivity index (χ2n) is 3.75. The SMILES string of the molecule is NCc1ccc(-c2noc(C(F)(F)C(F)F)n2)cc1. The zero-order chi connectivity index (χ0) is 14.0. The molecule has 0 saturated heterocycles. The highest BCUT2D eigenvalue weighted by Gasteiger charge is 2.48. The van der Waals surface area contributed by atoms with Crippen LogP contribution in [0, 0.1) is 0 Å². The van der Waals surface area contributed by atoms with Gasteiger partial charge in [0, 0.05) is 12.1 Å². The number of nitrogens with zero attached hydrogens (tertiary/aromatic N) is 2. The molecule has 2 rings (SSSR count). The van der Waals surface area contributed by atoms with Gasteiger partial charge in [-0.3, -0.25) is 0 Å². The Hall–Kier alpha value is -1.96.